The van der Waals surface area contributed by atoms with Crippen LogP contribution in [-0.2, 0) is 12.2 Å². The maximum atomic E-state index is 10.6. The van der Waals surface area contributed by atoms with E-state index in [0.29, 0.717) is 21.4 Å². The fraction of sp³-hybridized carbons (Fsp3) is 0.333. The van der Waals surface area contributed by atoms with Crippen molar-refractivity contribution in [2.24, 2.45) is 0 Å². The van der Waals surface area contributed by atoms with Gasteiger partial charge in [0, 0.05) is 27.1 Å². The number of methoxy groups -OCH3 is 1. The lowest BCUT2D eigenvalue weighted by Crippen LogP contribution is -1.99. The summed E-state index contributed by atoms with van der Waals surface area (Å²) in [5.41, 5.74) is 1.95. The second-order valence-electron chi connectivity index (χ2n) is 4.81. The van der Waals surface area contributed by atoms with Gasteiger partial charge >= 0.3 is 0 Å². The predicted molar refractivity (Wildman–Crippen MR) is 91.3 cm³/mol. The van der Waals surface area contributed by atoms with E-state index in [1.807, 2.05) is 11.8 Å². The molecule has 6 heteroatoms. The zero-order valence-electron chi connectivity index (χ0n) is 11.4. The van der Waals surface area contributed by atoms with Crippen molar-refractivity contribution in [2.45, 2.75) is 18.3 Å². The molecule has 1 N–H and O–H groups in total. The molecule has 0 aliphatic carbocycles. The van der Waals surface area contributed by atoms with Gasteiger partial charge in [-0.15, -0.1) is 11.3 Å². The largest absolute Gasteiger partial charge is 0.495 e. The molecule has 1 unspecified atom stereocenters. The molecule has 1 atom stereocenters. The summed E-state index contributed by atoms with van der Waals surface area (Å²) in [6.07, 6.45) is 0.329. The number of thioether (sulfide) groups is 1. The standard InChI is InChI=1S/C15H14Cl2O2S2/c1-19-12-6-10(16)9(5-11(12)17)15(18)14-4-8-7-20-3-2-13(8)21-14/h4-6,15,18H,2-3,7H2,1H3. The first-order valence-corrected chi connectivity index (χ1v) is 9.23. The van der Waals surface area contributed by atoms with Crippen LogP contribution in [0.1, 0.15) is 27.0 Å². The number of aryl methyl sites for hydroxylation is 1. The summed E-state index contributed by atoms with van der Waals surface area (Å²) in [4.78, 5) is 2.30. The molecule has 0 radical (unpaired) electrons. The lowest BCUT2D eigenvalue weighted by atomic mass is 10.1. The van der Waals surface area contributed by atoms with E-state index in [2.05, 4.69) is 6.07 Å². The number of aliphatic hydroxyl groups excluding tert-OH is 1. The molecular formula is C15H14Cl2O2S2. The molecule has 2 aromatic rings. The summed E-state index contributed by atoms with van der Waals surface area (Å²) in [5, 5.41) is 11.5. The highest BCUT2D eigenvalue weighted by Crippen LogP contribution is 2.40. The van der Waals surface area contributed by atoms with E-state index in [-0.39, 0.29) is 0 Å². The van der Waals surface area contributed by atoms with E-state index in [1.165, 1.54) is 10.4 Å². The molecule has 0 spiro atoms. The fourth-order valence-corrected chi connectivity index (χ4v) is 5.26. The maximum Gasteiger partial charge on any atom is 0.138 e. The van der Waals surface area contributed by atoms with Gasteiger partial charge in [0.2, 0.25) is 0 Å². The van der Waals surface area contributed by atoms with Crippen molar-refractivity contribution < 1.29 is 9.84 Å². The first-order valence-electron chi connectivity index (χ1n) is 6.50. The molecule has 3 rings (SSSR count). The van der Waals surface area contributed by atoms with Crippen LogP contribution in [0.15, 0.2) is 18.2 Å². The minimum Gasteiger partial charge on any atom is -0.495 e. The highest BCUT2D eigenvalue weighted by molar-refractivity contribution is 7.98. The second-order valence-corrected chi connectivity index (χ2v) is 7.90. The van der Waals surface area contributed by atoms with Crippen LogP contribution in [0.3, 0.4) is 0 Å². The van der Waals surface area contributed by atoms with Crippen molar-refractivity contribution in [1.82, 2.24) is 0 Å². The van der Waals surface area contributed by atoms with E-state index >= 15 is 0 Å². The molecule has 0 bridgehead atoms. The van der Waals surface area contributed by atoms with E-state index in [9.17, 15) is 5.11 Å². The quantitative estimate of drug-likeness (QED) is 0.840. The van der Waals surface area contributed by atoms with Crippen LogP contribution in [0.2, 0.25) is 10.0 Å². The van der Waals surface area contributed by atoms with Crippen LogP contribution in [-0.4, -0.2) is 18.0 Å². The number of benzene rings is 1. The first kappa shape index (κ1) is 15.5. The molecule has 1 aliphatic rings. The monoisotopic (exact) mass is 360 g/mol. The van der Waals surface area contributed by atoms with E-state index in [4.69, 9.17) is 27.9 Å². The SMILES string of the molecule is COc1cc(Cl)c(C(O)c2cc3c(s2)CCSC3)cc1Cl. The van der Waals surface area contributed by atoms with Gasteiger partial charge in [-0.3, -0.25) is 0 Å². The van der Waals surface area contributed by atoms with Crippen LogP contribution in [0.25, 0.3) is 0 Å². The van der Waals surface area contributed by atoms with Crippen LogP contribution < -0.4 is 4.74 Å². The van der Waals surface area contributed by atoms with Crippen molar-refractivity contribution in [3.8, 4) is 5.75 Å². The smallest absolute Gasteiger partial charge is 0.138 e. The number of halogens is 2. The van der Waals surface area contributed by atoms with Crippen LogP contribution in [0, 0.1) is 0 Å². The van der Waals surface area contributed by atoms with E-state index in [1.54, 1.807) is 30.6 Å². The Morgan fingerprint density at radius 3 is 2.76 bits per heavy atom. The Balaban J connectivity index is 1.96. The van der Waals surface area contributed by atoms with Crippen molar-refractivity contribution in [3.05, 3.63) is 49.1 Å². The Hall–Kier alpha value is -0.390. The number of hydrogen-bond acceptors (Lipinski definition) is 4. The van der Waals surface area contributed by atoms with Gasteiger partial charge in [-0.25, -0.2) is 0 Å². The van der Waals surface area contributed by atoms with Crippen molar-refractivity contribution in [3.63, 3.8) is 0 Å². The Kier molecular flexibility index (Phi) is 4.71. The molecule has 112 valence electrons. The van der Waals surface area contributed by atoms with Gasteiger partial charge in [-0.2, -0.15) is 11.8 Å². The summed E-state index contributed by atoms with van der Waals surface area (Å²) in [7, 11) is 1.54. The molecule has 1 aromatic heterocycles. The van der Waals surface area contributed by atoms with Gasteiger partial charge in [0.1, 0.15) is 11.9 Å². The highest BCUT2D eigenvalue weighted by Gasteiger charge is 2.22. The third-order valence-electron chi connectivity index (χ3n) is 3.48. The number of ether oxygens (including phenoxy) is 1. The summed E-state index contributed by atoms with van der Waals surface area (Å²) in [6.45, 7) is 0. The summed E-state index contributed by atoms with van der Waals surface area (Å²) in [6, 6.07) is 5.41. The molecule has 1 aliphatic heterocycles. The molecule has 2 nitrogen and oxygen atoms in total. The average molecular weight is 361 g/mol. The molecule has 0 saturated heterocycles. The van der Waals surface area contributed by atoms with E-state index < -0.39 is 6.10 Å². The highest BCUT2D eigenvalue weighted by atomic mass is 35.5. The van der Waals surface area contributed by atoms with Crippen molar-refractivity contribution in [2.75, 3.05) is 12.9 Å². The average Bonchev–Trinajstić information content (AvgIpc) is 2.92. The minimum atomic E-state index is -0.749. The number of hydrogen-bond donors (Lipinski definition) is 1. The van der Waals surface area contributed by atoms with Gasteiger partial charge in [0.15, 0.2) is 0 Å². The van der Waals surface area contributed by atoms with Gasteiger partial charge in [0.25, 0.3) is 0 Å². The third kappa shape index (κ3) is 3.06. The number of aliphatic hydroxyl groups is 1. The lowest BCUT2D eigenvalue weighted by Gasteiger charge is -2.13. The molecule has 0 fully saturated rings. The maximum absolute atomic E-state index is 10.6. The fourth-order valence-electron chi connectivity index (χ4n) is 2.37. The van der Waals surface area contributed by atoms with Gasteiger partial charge < -0.3 is 9.84 Å². The second kappa shape index (κ2) is 6.39. The molecule has 0 amide bonds. The Bertz CT molecular complexity index is 646. The molecule has 0 saturated carbocycles. The summed E-state index contributed by atoms with van der Waals surface area (Å²) >= 11 is 16.0. The number of rotatable bonds is 3. The molecule has 21 heavy (non-hydrogen) atoms. The number of fused-ring (bicyclic) bond motifs is 1. The first-order chi connectivity index (χ1) is 10.1. The Morgan fingerprint density at radius 1 is 1.24 bits per heavy atom. The normalized spacial score (nSPS) is 15.6. The van der Waals surface area contributed by atoms with Crippen LogP contribution in [0.5, 0.6) is 5.75 Å². The van der Waals surface area contributed by atoms with Crippen LogP contribution in [0.4, 0.5) is 0 Å². The van der Waals surface area contributed by atoms with Gasteiger partial charge in [0.05, 0.1) is 17.2 Å². The number of thiophene rings is 1. The Labute approximate surface area is 142 Å². The Morgan fingerprint density at radius 2 is 2.05 bits per heavy atom. The zero-order chi connectivity index (χ0) is 15.0. The predicted octanol–water partition coefficient (Wildman–Crippen LogP) is 4.93. The van der Waals surface area contributed by atoms with Crippen LogP contribution >= 0.6 is 46.3 Å². The van der Waals surface area contributed by atoms with Gasteiger partial charge in [-0.05, 0) is 29.9 Å². The molecular weight excluding hydrogens is 347 g/mol. The summed E-state index contributed by atoms with van der Waals surface area (Å²) < 4.78 is 5.13. The minimum absolute atomic E-state index is 0.452. The van der Waals surface area contributed by atoms with E-state index in [0.717, 1.165) is 22.8 Å². The topological polar surface area (TPSA) is 29.5 Å². The summed E-state index contributed by atoms with van der Waals surface area (Å²) in [5.74, 6) is 2.69. The molecule has 1 aromatic carbocycles. The lowest BCUT2D eigenvalue weighted by molar-refractivity contribution is 0.224. The van der Waals surface area contributed by atoms with Crippen molar-refractivity contribution in [1.29, 1.82) is 0 Å². The zero-order valence-corrected chi connectivity index (χ0v) is 14.5. The van der Waals surface area contributed by atoms with Gasteiger partial charge in [-0.1, -0.05) is 23.2 Å². The third-order valence-corrected chi connectivity index (χ3v) is 6.40. The molecule has 2 heterocycles. The van der Waals surface area contributed by atoms with Crippen molar-refractivity contribution >= 4 is 46.3 Å².